The summed E-state index contributed by atoms with van der Waals surface area (Å²) in [6.07, 6.45) is 2.27. The molecule has 0 fully saturated rings. The van der Waals surface area contributed by atoms with Crippen LogP contribution in [0.15, 0.2) is 30.5 Å². The molecule has 4 nitrogen and oxygen atoms in total. The number of aromatic nitrogens is 1. The number of nitrogens with zero attached hydrogens (tertiary/aromatic N) is 2. The van der Waals surface area contributed by atoms with Gasteiger partial charge in [-0.3, -0.25) is 4.79 Å². The molecule has 2 aromatic rings. The normalized spacial score (nSPS) is 9.74. The van der Waals surface area contributed by atoms with Crippen LogP contribution in [0.4, 0.5) is 0 Å². The van der Waals surface area contributed by atoms with Gasteiger partial charge in [0.2, 0.25) is 5.88 Å². The second kappa shape index (κ2) is 5.32. The van der Waals surface area contributed by atoms with Crippen LogP contribution in [-0.2, 0) is 0 Å². The molecule has 0 saturated heterocycles. The van der Waals surface area contributed by atoms with Crippen LogP contribution >= 0.6 is 0 Å². The summed E-state index contributed by atoms with van der Waals surface area (Å²) in [4.78, 5) is 14.8. The van der Waals surface area contributed by atoms with E-state index in [2.05, 4.69) is 4.98 Å². The van der Waals surface area contributed by atoms with Gasteiger partial charge in [-0.25, -0.2) is 4.98 Å². The van der Waals surface area contributed by atoms with Gasteiger partial charge in [-0.2, -0.15) is 5.26 Å². The number of carbonyl (C=O) groups excluding carboxylic acids is 1. The van der Waals surface area contributed by atoms with E-state index in [4.69, 9.17) is 10.00 Å². The number of carbonyl (C=O) groups is 1. The van der Waals surface area contributed by atoms with Crippen molar-refractivity contribution in [1.82, 2.24) is 4.98 Å². The Morgan fingerprint density at radius 3 is 2.42 bits per heavy atom. The van der Waals surface area contributed by atoms with Crippen molar-refractivity contribution >= 4 is 6.29 Å². The molecule has 0 saturated carbocycles. The molecule has 1 aromatic heterocycles. The fraction of sp³-hybridized carbons (Fsp3) is 0.133. The summed E-state index contributed by atoms with van der Waals surface area (Å²) >= 11 is 0. The minimum atomic E-state index is 0.420. The smallest absolute Gasteiger partial charge is 0.219 e. The number of hydrogen-bond donors (Lipinski definition) is 0. The molecule has 0 aliphatic carbocycles. The van der Waals surface area contributed by atoms with E-state index in [9.17, 15) is 4.79 Å². The van der Waals surface area contributed by atoms with E-state index in [-0.39, 0.29) is 0 Å². The molecule has 0 atom stereocenters. The molecule has 1 heterocycles. The summed E-state index contributed by atoms with van der Waals surface area (Å²) in [5.41, 5.74) is 2.84. The number of aryl methyl sites for hydroxylation is 2. The third-order valence-corrected chi connectivity index (χ3v) is 2.69. The van der Waals surface area contributed by atoms with E-state index >= 15 is 0 Å². The minimum absolute atomic E-state index is 0.420. The van der Waals surface area contributed by atoms with E-state index < -0.39 is 0 Å². The zero-order valence-corrected chi connectivity index (χ0v) is 10.7. The van der Waals surface area contributed by atoms with Crippen molar-refractivity contribution in [2.75, 3.05) is 0 Å². The molecule has 0 N–H and O–H groups in total. The van der Waals surface area contributed by atoms with Crippen molar-refractivity contribution in [3.63, 3.8) is 0 Å². The van der Waals surface area contributed by atoms with E-state index in [1.165, 1.54) is 6.20 Å². The van der Waals surface area contributed by atoms with Gasteiger partial charge in [0.1, 0.15) is 18.1 Å². The Kier molecular flexibility index (Phi) is 3.58. The summed E-state index contributed by atoms with van der Waals surface area (Å²) in [5, 5.41) is 8.70. The fourth-order valence-electron chi connectivity index (χ4n) is 1.82. The second-order valence-electron chi connectivity index (χ2n) is 4.20. The molecule has 0 unspecified atom stereocenters. The number of nitriles is 1. The van der Waals surface area contributed by atoms with Gasteiger partial charge in [-0.1, -0.05) is 0 Å². The monoisotopic (exact) mass is 252 g/mol. The lowest BCUT2D eigenvalue weighted by Crippen LogP contribution is -1.95. The van der Waals surface area contributed by atoms with Crippen LogP contribution in [0, 0.1) is 25.2 Å². The van der Waals surface area contributed by atoms with Crippen LogP contribution in [0.1, 0.15) is 27.0 Å². The molecular formula is C15H12N2O2. The Bertz CT molecular complexity index is 632. The van der Waals surface area contributed by atoms with Gasteiger partial charge in [-0.15, -0.1) is 0 Å². The number of benzene rings is 1. The summed E-state index contributed by atoms with van der Waals surface area (Å²) in [6.45, 7) is 3.75. The highest BCUT2D eigenvalue weighted by Crippen LogP contribution is 2.28. The van der Waals surface area contributed by atoms with Crippen molar-refractivity contribution in [3.8, 4) is 17.7 Å². The number of pyridine rings is 1. The van der Waals surface area contributed by atoms with Crippen LogP contribution < -0.4 is 4.74 Å². The Hall–Kier alpha value is -2.67. The first-order chi connectivity index (χ1) is 9.13. The average molecular weight is 252 g/mol. The van der Waals surface area contributed by atoms with Crippen molar-refractivity contribution in [1.29, 1.82) is 5.26 Å². The average Bonchev–Trinajstić information content (AvgIpc) is 2.43. The van der Waals surface area contributed by atoms with Crippen LogP contribution in [0.5, 0.6) is 11.6 Å². The molecular weight excluding hydrogens is 240 g/mol. The lowest BCUT2D eigenvalue weighted by Gasteiger charge is -2.11. The van der Waals surface area contributed by atoms with Crippen LogP contribution in [0.2, 0.25) is 0 Å². The van der Waals surface area contributed by atoms with Gasteiger partial charge in [0.25, 0.3) is 0 Å². The summed E-state index contributed by atoms with van der Waals surface area (Å²) in [5.74, 6) is 1.10. The van der Waals surface area contributed by atoms with Gasteiger partial charge < -0.3 is 4.74 Å². The van der Waals surface area contributed by atoms with E-state index in [1.54, 1.807) is 24.3 Å². The molecule has 94 valence electrons. The van der Waals surface area contributed by atoms with Crippen molar-refractivity contribution in [2.45, 2.75) is 13.8 Å². The lowest BCUT2D eigenvalue weighted by atomic mass is 10.1. The van der Waals surface area contributed by atoms with Gasteiger partial charge in [0.05, 0.1) is 5.56 Å². The standard InChI is InChI=1S/C15H12N2O2/c1-10-5-13(9-18)6-11(2)15(10)19-14-4-3-12(7-16)8-17-14/h3-6,8-9H,1-2H3. The quantitative estimate of drug-likeness (QED) is 0.787. The largest absolute Gasteiger partial charge is 0.438 e. The Morgan fingerprint density at radius 2 is 1.95 bits per heavy atom. The number of rotatable bonds is 3. The SMILES string of the molecule is Cc1cc(C=O)cc(C)c1Oc1ccc(C#N)cn1. The highest BCUT2D eigenvalue weighted by molar-refractivity contribution is 5.76. The van der Waals surface area contributed by atoms with Crippen molar-refractivity contribution in [2.24, 2.45) is 0 Å². The Morgan fingerprint density at radius 1 is 1.26 bits per heavy atom. The highest BCUT2D eigenvalue weighted by atomic mass is 16.5. The fourth-order valence-corrected chi connectivity index (χ4v) is 1.82. The lowest BCUT2D eigenvalue weighted by molar-refractivity contribution is 0.112. The van der Waals surface area contributed by atoms with E-state index in [1.807, 2.05) is 19.9 Å². The summed E-state index contributed by atoms with van der Waals surface area (Å²) in [6, 6.07) is 8.81. The maximum atomic E-state index is 10.8. The molecule has 0 aliphatic heterocycles. The molecule has 0 bridgehead atoms. The van der Waals surface area contributed by atoms with Crippen molar-refractivity contribution in [3.05, 3.63) is 52.7 Å². The zero-order valence-electron chi connectivity index (χ0n) is 10.7. The molecule has 0 radical (unpaired) electrons. The molecule has 0 aliphatic rings. The molecule has 19 heavy (non-hydrogen) atoms. The van der Waals surface area contributed by atoms with Gasteiger partial charge in [-0.05, 0) is 43.2 Å². The first-order valence-electron chi connectivity index (χ1n) is 5.74. The summed E-state index contributed by atoms with van der Waals surface area (Å²) in [7, 11) is 0. The first kappa shape index (κ1) is 12.8. The van der Waals surface area contributed by atoms with E-state index in [0.717, 1.165) is 17.4 Å². The zero-order chi connectivity index (χ0) is 13.8. The van der Waals surface area contributed by atoms with Gasteiger partial charge in [0.15, 0.2) is 0 Å². The van der Waals surface area contributed by atoms with Gasteiger partial charge in [0, 0.05) is 17.8 Å². The van der Waals surface area contributed by atoms with Crippen LogP contribution in [-0.4, -0.2) is 11.3 Å². The molecule has 1 aromatic carbocycles. The number of ether oxygens (including phenoxy) is 1. The molecule has 0 amide bonds. The van der Waals surface area contributed by atoms with E-state index in [0.29, 0.717) is 22.8 Å². The highest BCUT2D eigenvalue weighted by Gasteiger charge is 2.08. The number of aldehydes is 1. The predicted molar refractivity (Wildman–Crippen MR) is 70.3 cm³/mol. The summed E-state index contributed by atoms with van der Waals surface area (Å²) < 4.78 is 5.70. The molecule has 4 heteroatoms. The molecule has 2 rings (SSSR count). The van der Waals surface area contributed by atoms with Crippen LogP contribution in [0.25, 0.3) is 0 Å². The molecule has 0 spiro atoms. The Labute approximate surface area is 111 Å². The first-order valence-corrected chi connectivity index (χ1v) is 5.74. The Balaban J connectivity index is 2.32. The third-order valence-electron chi connectivity index (χ3n) is 2.69. The van der Waals surface area contributed by atoms with Gasteiger partial charge >= 0.3 is 0 Å². The minimum Gasteiger partial charge on any atom is -0.438 e. The topological polar surface area (TPSA) is 63.0 Å². The maximum absolute atomic E-state index is 10.8. The number of hydrogen-bond acceptors (Lipinski definition) is 4. The third kappa shape index (κ3) is 2.78. The van der Waals surface area contributed by atoms with Crippen LogP contribution in [0.3, 0.4) is 0 Å². The predicted octanol–water partition coefficient (Wildman–Crippen LogP) is 3.17. The van der Waals surface area contributed by atoms with Crippen molar-refractivity contribution < 1.29 is 9.53 Å². The second-order valence-corrected chi connectivity index (χ2v) is 4.20. The maximum Gasteiger partial charge on any atom is 0.219 e.